The molecule has 0 amide bonds. The smallest absolute Gasteiger partial charge is 0.174 e. The molecule has 0 aliphatic carbocycles. The van der Waals surface area contributed by atoms with Gasteiger partial charge in [-0.05, 0) is 40.9 Å². The molecule has 2 aromatic heterocycles. The molecule has 0 spiro atoms. The van der Waals surface area contributed by atoms with Gasteiger partial charge in [-0.3, -0.25) is 4.68 Å². The first-order valence-corrected chi connectivity index (χ1v) is 5.85. The number of nitrogens with zero attached hydrogens (tertiary/aromatic N) is 2. The van der Waals surface area contributed by atoms with Crippen molar-refractivity contribution in [1.29, 1.82) is 0 Å². The number of aromatic nitrogens is 2. The fraction of sp³-hybridized carbons (Fsp3) is 0.364. The van der Waals surface area contributed by atoms with E-state index in [9.17, 15) is 5.11 Å². The molecule has 1 N–H and O–H groups in total. The van der Waals surface area contributed by atoms with E-state index >= 15 is 0 Å². The molecule has 5 heteroatoms. The van der Waals surface area contributed by atoms with Crippen molar-refractivity contribution in [3.63, 3.8) is 0 Å². The zero-order valence-electron chi connectivity index (χ0n) is 8.93. The van der Waals surface area contributed by atoms with E-state index in [1.807, 2.05) is 17.8 Å². The molecule has 1 unspecified atom stereocenters. The summed E-state index contributed by atoms with van der Waals surface area (Å²) in [6.45, 7) is 0. The minimum atomic E-state index is -0.511. The molecule has 2 rings (SSSR count). The Morgan fingerprint density at radius 1 is 1.56 bits per heavy atom. The Hall–Kier alpha value is -1.07. The number of halogens is 1. The largest absolute Gasteiger partial charge is 0.457 e. The summed E-state index contributed by atoms with van der Waals surface area (Å²) in [7, 11) is 1.90. The van der Waals surface area contributed by atoms with Crippen molar-refractivity contribution >= 4 is 15.9 Å². The molecule has 0 bridgehead atoms. The highest BCUT2D eigenvalue weighted by Gasteiger charge is 2.14. The van der Waals surface area contributed by atoms with Gasteiger partial charge in [0.1, 0.15) is 0 Å². The summed E-state index contributed by atoms with van der Waals surface area (Å²) in [5.41, 5.74) is 1.90. The first-order valence-electron chi connectivity index (χ1n) is 5.06. The molecular formula is C11H13BrN2O2. The van der Waals surface area contributed by atoms with Gasteiger partial charge in [-0.1, -0.05) is 0 Å². The van der Waals surface area contributed by atoms with Crippen LogP contribution < -0.4 is 0 Å². The van der Waals surface area contributed by atoms with Gasteiger partial charge in [-0.2, -0.15) is 5.10 Å². The SMILES string of the molecule is Cn1nccc1CCC(O)c1ccoc1Br. The fourth-order valence-corrected chi connectivity index (χ4v) is 2.13. The summed E-state index contributed by atoms with van der Waals surface area (Å²) in [5.74, 6) is 0. The van der Waals surface area contributed by atoms with E-state index in [0.29, 0.717) is 11.1 Å². The lowest BCUT2D eigenvalue weighted by molar-refractivity contribution is 0.165. The molecule has 86 valence electrons. The fourth-order valence-electron chi connectivity index (χ4n) is 1.63. The Bertz CT molecular complexity index is 464. The lowest BCUT2D eigenvalue weighted by Gasteiger charge is -2.08. The number of hydrogen-bond donors (Lipinski definition) is 1. The number of aliphatic hydroxyl groups is 1. The second kappa shape index (κ2) is 4.84. The molecule has 0 aliphatic rings. The topological polar surface area (TPSA) is 51.2 Å². The van der Waals surface area contributed by atoms with Crippen LogP contribution >= 0.6 is 15.9 Å². The average molecular weight is 285 g/mol. The van der Waals surface area contributed by atoms with Crippen molar-refractivity contribution in [2.45, 2.75) is 18.9 Å². The second-order valence-electron chi connectivity index (χ2n) is 3.65. The van der Waals surface area contributed by atoms with Crippen LogP contribution in [0.15, 0.2) is 33.7 Å². The molecule has 0 aliphatic heterocycles. The third-order valence-corrected chi connectivity index (χ3v) is 3.25. The van der Waals surface area contributed by atoms with Crippen molar-refractivity contribution in [1.82, 2.24) is 9.78 Å². The van der Waals surface area contributed by atoms with Gasteiger partial charge in [0.15, 0.2) is 4.67 Å². The van der Waals surface area contributed by atoms with Gasteiger partial charge in [0.2, 0.25) is 0 Å². The maximum atomic E-state index is 9.96. The summed E-state index contributed by atoms with van der Waals surface area (Å²) >= 11 is 3.26. The molecule has 0 saturated heterocycles. The molecular weight excluding hydrogens is 272 g/mol. The van der Waals surface area contributed by atoms with Gasteiger partial charge in [0, 0.05) is 24.5 Å². The van der Waals surface area contributed by atoms with Gasteiger partial charge >= 0.3 is 0 Å². The quantitative estimate of drug-likeness (QED) is 0.938. The Kier molecular flexibility index (Phi) is 3.46. The van der Waals surface area contributed by atoms with E-state index in [2.05, 4.69) is 21.0 Å². The van der Waals surface area contributed by atoms with Crippen LogP contribution in [0.4, 0.5) is 0 Å². The molecule has 2 aromatic rings. The molecule has 4 nitrogen and oxygen atoms in total. The Balaban J connectivity index is 1.97. The molecule has 2 heterocycles. The van der Waals surface area contributed by atoms with Gasteiger partial charge in [0.05, 0.1) is 12.4 Å². The summed E-state index contributed by atoms with van der Waals surface area (Å²) in [5, 5.41) is 14.0. The number of aliphatic hydroxyl groups excluding tert-OH is 1. The zero-order valence-corrected chi connectivity index (χ0v) is 10.5. The van der Waals surface area contributed by atoms with Gasteiger partial charge in [-0.15, -0.1) is 0 Å². The summed E-state index contributed by atoms with van der Waals surface area (Å²) in [4.78, 5) is 0. The van der Waals surface area contributed by atoms with Crippen molar-refractivity contribution in [3.05, 3.63) is 40.5 Å². The van der Waals surface area contributed by atoms with Crippen LogP contribution in [0.2, 0.25) is 0 Å². The first-order chi connectivity index (χ1) is 7.68. The Morgan fingerprint density at radius 3 is 2.94 bits per heavy atom. The van der Waals surface area contributed by atoms with E-state index in [1.165, 1.54) is 0 Å². The van der Waals surface area contributed by atoms with Crippen LogP contribution in [-0.4, -0.2) is 14.9 Å². The molecule has 0 fully saturated rings. The number of furan rings is 1. The van der Waals surface area contributed by atoms with Crippen LogP contribution in [-0.2, 0) is 13.5 Å². The van der Waals surface area contributed by atoms with E-state index in [1.54, 1.807) is 18.5 Å². The second-order valence-corrected chi connectivity index (χ2v) is 4.37. The minimum Gasteiger partial charge on any atom is -0.457 e. The highest BCUT2D eigenvalue weighted by atomic mass is 79.9. The average Bonchev–Trinajstić information content (AvgIpc) is 2.84. The Morgan fingerprint density at radius 2 is 2.38 bits per heavy atom. The van der Waals surface area contributed by atoms with Gasteiger partial charge < -0.3 is 9.52 Å². The summed E-state index contributed by atoms with van der Waals surface area (Å²) in [6, 6.07) is 3.73. The third-order valence-electron chi connectivity index (χ3n) is 2.60. The maximum Gasteiger partial charge on any atom is 0.174 e. The molecule has 0 radical (unpaired) electrons. The summed E-state index contributed by atoms with van der Waals surface area (Å²) in [6.07, 6.45) is 4.25. The third kappa shape index (κ3) is 2.36. The van der Waals surface area contributed by atoms with Crippen molar-refractivity contribution in [2.24, 2.45) is 7.05 Å². The predicted octanol–water partition coefficient (Wildman–Crippen LogP) is 2.44. The lowest BCUT2D eigenvalue weighted by atomic mass is 10.1. The monoisotopic (exact) mass is 284 g/mol. The molecule has 0 aromatic carbocycles. The highest BCUT2D eigenvalue weighted by molar-refractivity contribution is 9.10. The van der Waals surface area contributed by atoms with Crippen LogP contribution in [0.3, 0.4) is 0 Å². The zero-order chi connectivity index (χ0) is 11.5. The van der Waals surface area contributed by atoms with Crippen LogP contribution in [0.5, 0.6) is 0 Å². The van der Waals surface area contributed by atoms with Crippen LogP contribution in [0.25, 0.3) is 0 Å². The van der Waals surface area contributed by atoms with Crippen molar-refractivity contribution in [3.8, 4) is 0 Å². The van der Waals surface area contributed by atoms with E-state index < -0.39 is 6.10 Å². The number of hydrogen-bond acceptors (Lipinski definition) is 3. The van der Waals surface area contributed by atoms with Crippen LogP contribution in [0, 0.1) is 0 Å². The van der Waals surface area contributed by atoms with Gasteiger partial charge in [-0.25, -0.2) is 0 Å². The molecule has 16 heavy (non-hydrogen) atoms. The minimum absolute atomic E-state index is 0.511. The first kappa shape index (κ1) is 11.4. The van der Waals surface area contributed by atoms with E-state index in [0.717, 1.165) is 17.7 Å². The van der Waals surface area contributed by atoms with Gasteiger partial charge in [0.25, 0.3) is 0 Å². The van der Waals surface area contributed by atoms with Crippen LogP contribution in [0.1, 0.15) is 23.8 Å². The highest BCUT2D eigenvalue weighted by Crippen LogP contribution is 2.27. The summed E-state index contributed by atoms with van der Waals surface area (Å²) < 4.78 is 7.50. The van der Waals surface area contributed by atoms with E-state index in [4.69, 9.17) is 4.42 Å². The molecule has 0 saturated carbocycles. The lowest BCUT2D eigenvalue weighted by Crippen LogP contribution is -2.03. The standard InChI is InChI=1S/C11H13BrN2O2/c1-14-8(4-6-13-14)2-3-10(15)9-5-7-16-11(9)12/h4-7,10,15H,2-3H2,1H3. The normalized spacial score (nSPS) is 12.9. The number of aryl methyl sites for hydroxylation is 2. The number of rotatable bonds is 4. The Labute approximate surface area is 102 Å². The predicted molar refractivity (Wildman–Crippen MR) is 62.9 cm³/mol. The van der Waals surface area contributed by atoms with Crippen molar-refractivity contribution < 1.29 is 9.52 Å². The van der Waals surface area contributed by atoms with Crippen molar-refractivity contribution in [2.75, 3.05) is 0 Å². The van der Waals surface area contributed by atoms with E-state index in [-0.39, 0.29) is 0 Å². The molecule has 1 atom stereocenters. The maximum absolute atomic E-state index is 9.96.